The molecule has 0 spiro atoms. The summed E-state index contributed by atoms with van der Waals surface area (Å²) in [6, 6.07) is 11.0. The highest BCUT2D eigenvalue weighted by molar-refractivity contribution is 5.39. The summed E-state index contributed by atoms with van der Waals surface area (Å²) in [5.41, 5.74) is 0.918. The Balaban J connectivity index is 1.56. The van der Waals surface area contributed by atoms with Gasteiger partial charge in [0.15, 0.2) is 12.4 Å². The van der Waals surface area contributed by atoms with Crippen molar-refractivity contribution in [3.8, 4) is 5.75 Å². The van der Waals surface area contributed by atoms with E-state index in [-0.39, 0.29) is 5.75 Å². The molecule has 2 heterocycles. The molecule has 0 N–H and O–H groups in total. The quantitative estimate of drug-likeness (QED) is 0.735. The van der Waals surface area contributed by atoms with Crippen molar-refractivity contribution in [3.63, 3.8) is 0 Å². The monoisotopic (exact) mass is 380 g/mol. The molecule has 0 bridgehead atoms. The molecule has 1 atom stereocenters. The van der Waals surface area contributed by atoms with Crippen LogP contribution in [-0.2, 0) is 6.54 Å². The van der Waals surface area contributed by atoms with Gasteiger partial charge in [-0.3, -0.25) is 0 Å². The summed E-state index contributed by atoms with van der Waals surface area (Å²) in [7, 11) is 2.01. The van der Waals surface area contributed by atoms with Gasteiger partial charge < -0.3 is 14.5 Å². The molecule has 1 aliphatic rings. The molecule has 5 nitrogen and oxygen atoms in total. The van der Waals surface area contributed by atoms with E-state index in [1.165, 1.54) is 0 Å². The van der Waals surface area contributed by atoms with Gasteiger partial charge in [-0.15, -0.1) is 5.10 Å². The molecule has 1 saturated heterocycles. The zero-order valence-corrected chi connectivity index (χ0v) is 15.2. The highest BCUT2D eigenvalue weighted by Gasteiger charge is 2.29. The van der Waals surface area contributed by atoms with Gasteiger partial charge in [0.2, 0.25) is 0 Å². The van der Waals surface area contributed by atoms with E-state index < -0.39 is 12.8 Å². The Bertz CT molecular complexity index is 726. The van der Waals surface area contributed by atoms with Crippen LogP contribution in [0.2, 0.25) is 0 Å². The Kier molecular flexibility index (Phi) is 6.15. The van der Waals surface area contributed by atoms with E-state index in [1.807, 2.05) is 25.2 Å². The summed E-state index contributed by atoms with van der Waals surface area (Å²) in [6.45, 7) is 1.15. The molecule has 8 heteroatoms. The van der Waals surface area contributed by atoms with Crippen molar-refractivity contribution in [2.24, 2.45) is 0 Å². The average Bonchev–Trinajstić information content (AvgIpc) is 3.08. The number of alkyl halides is 3. The first-order valence-corrected chi connectivity index (χ1v) is 8.92. The van der Waals surface area contributed by atoms with Crippen LogP contribution in [0, 0.1) is 0 Å². The van der Waals surface area contributed by atoms with Crippen molar-refractivity contribution < 1.29 is 17.9 Å². The van der Waals surface area contributed by atoms with Crippen LogP contribution in [0.5, 0.6) is 5.75 Å². The van der Waals surface area contributed by atoms with E-state index in [0.717, 1.165) is 37.3 Å². The Morgan fingerprint density at radius 1 is 1.26 bits per heavy atom. The second kappa shape index (κ2) is 8.56. The Hall–Kier alpha value is -2.35. The molecule has 1 fully saturated rings. The highest BCUT2D eigenvalue weighted by Crippen LogP contribution is 2.24. The van der Waals surface area contributed by atoms with E-state index in [4.69, 9.17) is 4.74 Å². The lowest BCUT2D eigenvalue weighted by molar-refractivity contribution is -0.153. The van der Waals surface area contributed by atoms with Gasteiger partial charge in [0.05, 0.1) is 0 Å². The maximum atomic E-state index is 12.3. The van der Waals surface area contributed by atoms with Gasteiger partial charge in [-0.2, -0.15) is 18.3 Å². The van der Waals surface area contributed by atoms with Gasteiger partial charge in [0.25, 0.3) is 0 Å². The third-order valence-corrected chi connectivity index (χ3v) is 4.51. The van der Waals surface area contributed by atoms with Crippen LogP contribution in [0.25, 0.3) is 0 Å². The predicted molar refractivity (Wildman–Crippen MR) is 96.7 cm³/mol. The molecular weight excluding hydrogens is 357 g/mol. The topological polar surface area (TPSA) is 41.5 Å². The predicted octanol–water partition coefficient (Wildman–Crippen LogP) is 3.52. The van der Waals surface area contributed by atoms with Crippen LogP contribution in [0.3, 0.4) is 0 Å². The number of likely N-dealkylation sites (N-methyl/N-ethyl adjacent to an activating group) is 1. The number of hydrogen-bond donors (Lipinski definition) is 0. The molecule has 1 aromatic heterocycles. The first-order chi connectivity index (χ1) is 12.9. The maximum absolute atomic E-state index is 12.3. The number of nitrogens with zero attached hydrogens (tertiary/aromatic N) is 4. The number of hydrogen-bond acceptors (Lipinski definition) is 5. The molecule has 2 aromatic rings. The zero-order chi connectivity index (χ0) is 19.3. The lowest BCUT2D eigenvalue weighted by Crippen LogP contribution is -2.39. The number of benzene rings is 1. The summed E-state index contributed by atoms with van der Waals surface area (Å²) < 4.78 is 41.8. The fourth-order valence-corrected chi connectivity index (χ4v) is 3.41. The lowest BCUT2D eigenvalue weighted by atomic mass is 10.1. The minimum absolute atomic E-state index is 0.236. The van der Waals surface area contributed by atoms with E-state index in [2.05, 4.69) is 20.0 Å². The van der Waals surface area contributed by atoms with Crippen molar-refractivity contribution in [2.45, 2.75) is 31.6 Å². The second-order valence-corrected chi connectivity index (χ2v) is 6.82. The van der Waals surface area contributed by atoms with Crippen molar-refractivity contribution in [1.82, 2.24) is 15.1 Å². The van der Waals surface area contributed by atoms with Crippen LogP contribution in [0.4, 0.5) is 19.0 Å². The fraction of sp³-hybridized carbons (Fsp3) is 0.474. The molecule has 27 heavy (non-hydrogen) atoms. The number of rotatable bonds is 7. The molecule has 1 aromatic carbocycles. The molecular formula is C19H23F3N4O. The molecule has 0 radical (unpaired) electrons. The van der Waals surface area contributed by atoms with Crippen LogP contribution < -0.4 is 9.64 Å². The third kappa shape index (κ3) is 5.82. The van der Waals surface area contributed by atoms with Gasteiger partial charge in [-0.25, -0.2) is 0 Å². The first-order valence-electron chi connectivity index (χ1n) is 8.92. The van der Waals surface area contributed by atoms with Crippen molar-refractivity contribution >= 4 is 5.82 Å². The number of ether oxygens (including phenoxy) is 1. The maximum Gasteiger partial charge on any atom is 0.422 e. The molecule has 0 saturated carbocycles. The minimum Gasteiger partial charge on any atom is -0.484 e. The molecule has 146 valence electrons. The minimum atomic E-state index is -4.33. The van der Waals surface area contributed by atoms with Crippen molar-refractivity contribution in [1.29, 1.82) is 0 Å². The molecule has 0 amide bonds. The largest absolute Gasteiger partial charge is 0.484 e. The normalized spacial score (nSPS) is 17.5. The second-order valence-electron chi connectivity index (χ2n) is 6.82. The van der Waals surface area contributed by atoms with Crippen LogP contribution in [-0.4, -0.2) is 54.1 Å². The SMILES string of the molecule is CN(Cc1cccc(OCC(F)(F)F)c1)CC1CCCN1c1cccnn1. The Morgan fingerprint density at radius 2 is 2.11 bits per heavy atom. The summed E-state index contributed by atoms with van der Waals surface area (Å²) in [4.78, 5) is 4.44. The summed E-state index contributed by atoms with van der Waals surface area (Å²) in [5.74, 6) is 1.12. The van der Waals surface area contributed by atoms with Crippen LogP contribution >= 0.6 is 0 Å². The molecule has 0 aliphatic carbocycles. The van der Waals surface area contributed by atoms with Gasteiger partial charge >= 0.3 is 6.18 Å². The van der Waals surface area contributed by atoms with Crippen molar-refractivity contribution in [3.05, 3.63) is 48.2 Å². The first kappa shape index (κ1) is 19.4. The summed E-state index contributed by atoms with van der Waals surface area (Å²) in [6.07, 6.45) is -0.487. The standard InChI is InChI=1S/C19H23F3N4O/c1-25(12-15-5-2-7-17(11-15)27-14-19(20,21)22)13-16-6-4-10-26(16)18-8-3-9-23-24-18/h2-3,5,7-9,11,16H,4,6,10,12-14H2,1H3. The molecule has 3 rings (SSSR count). The summed E-state index contributed by atoms with van der Waals surface area (Å²) in [5, 5.41) is 8.16. The number of anilines is 1. The number of aromatic nitrogens is 2. The van der Waals surface area contributed by atoms with Crippen molar-refractivity contribution in [2.75, 3.05) is 31.6 Å². The van der Waals surface area contributed by atoms with Gasteiger partial charge in [0.1, 0.15) is 5.75 Å². The van der Waals surface area contributed by atoms with Gasteiger partial charge in [-0.1, -0.05) is 12.1 Å². The van der Waals surface area contributed by atoms with Gasteiger partial charge in [0, 0.05) is 31.9 Å². The van der Waals surface area contributed by atoms with E-state index >= 15 is 0 Å². The summed E-state index contributed by atoms with van der Waals surface area (Å²) >= 11 is 0. The third-order valence-electron chi connectivity index (χ3n) is 4.51. The Labute approximate surface area is 156 Å². The molecule has 1 aliphatic heterocycles. The smallest absolute Gasteiger partial charge is 0.422 e. The van der Waals surface area contributed by atoms with E-state index in [1.54, 1.807) is 24.4 Å². The van der Waals surface area contributed by atoms with E-state index in [9.17, 15) is 13.2 Å². The Morgan fingerprint density at radius 3 is 2.85 bits per heavy atom. The lowest BCUT2D eigenvalue weighted by Gasteiger charge is -2.29. The van der Waals surface area contributed by atoms with Crippen LogP contribution in [0.1, 0.15) is 18.4 Å². The number of halogens is 3. The average molecular weight is 380 g/mol. The van der Waals surface area contributed by atoms with E-state index in [0.29, 0.717) is 12.6 Å². The van der Waals surface area contributed by atoms with Gasteiger partial charge in [-0.05, 0) is 49.7 Å². The van der Waals surface area contributed by atoms with Crippen LogP contribution in [0.15, 0.2) is 42.6 Å². The zero-order valence-electron chi connectivity index (χ0n) is 15.2. The highest BCUT2D eigenvalue weighted by atomic mass is 19.4. The fourth-order valence-electron chi connectivity index (χ4n) is 3.41. The molecule has 1 unspecified atom stereocenters.